The maximum Gasteiger partial charge on any atom is 0.241 e. The van der Waals surface area contributed by atoms with Gasteiger partial charge in [-0.2, -0.15) is 0 Å². The van der Waals surface area contributed by atoms with Crippen molar-refractivity contribution in [3.8, 4) is 5.75 Å². The number of benzene rings is 1. The van der Waals surface area contributed by atoms with Gasteiger partial charge in [0, 0.05) is 0 Å². The van der Waals surface area contributed by atoms with Gasteiger partial charge in [0.2, 0.25) is 10.0 Å². The third-order valence-electron chi connectivity index (χ3n) is 3.56. The topological polar surface area (TPSA) is 146 Å². The molecule has 1 aliphatic rings. The Labute approximate surface area is 133 Å². The van der Waals surface area contributed by atoms with E-state index in [1.165, 1.54) is 31.4 Å². The number of hydrogen-bond acceptors (Lipinski definition) is 8. The van der Waals surface area contributed by atoms with E-state index in [4.69, 9.17) is 14.6 Å². The standard InChI is InChI=1S/C13H19NO8S/c1-21-7-2-4-8(5-3-7)23(19,20)14-10-12(17)11(16)9(6-15)22-13(10)18/h2-5,9-18H,6H2,1H3/t9-,10-,11-,12-,13?/m1/s1. The van der Waals surface area contributed by atoms with E-state index in [9.17, 15) is 23.7 Å². The first-order valence-corrected chi connectivity index (χ1v) is 8.25. The fourth-order valence-electron chi connectivity index (χ4n) is 2.23. The van der Waals surface area contributed by atoms with Gasteiger partial charge in [-0.15, -0.1) is 0 Å². The molecule has 23 heavy (non-hydrogen) atoms. The minimum atomic E-state index is -4.08. The molecule has 5 N–H and O–H groups in total. The van der Waals surface area contributed by atoms with Gasteiger partial charge in [-0.1, -0.05) is 0 Å². The fourth-order valence-corrected chi connectivity index (χ4v) is 3.47. The zero-order valence-corrected chi connectivity index (χ0v) is 13.0. The Hall–Kier alpha value is -1.27. The summed E-state index contributed by atoms with van der Waals surface area (Å²) in [6.45, 7) is -0.632. The minimum absolute atomic E-state index is 0.114. The number of rotatable bonds is 5. The fraction of sp³-hybridized carbons (Fsp3) is 0.538. The molecule has 5 atom stereocenters. The highest BCUT2D eigenvalue weighted by atomic mass is 32.2. The minimum Gasteiger partial charge on any atom is -0.497 e. The van der Waals surface area contributed by atoms with E-state index in [0.29, 0.717) is 5.75 Å². The summed E-state index contributed by atoms with van der Waals surface area (Å²) >= 11 is 0. The van der Waals surface area contributed by atoms with Crippen LogP contribution in [0.4, 0.5) is 0 Å². The van der Waals surface area contributed by atoms with Crippen LogP contribution in [0.2, 0.25) is 0 Å². The van der Waals surface area contributed by atoms with Crippen molar-refractivity contribution in [3.63, 3.8) is 0 Å². The van der Waals surface area contributed by atoms with Crippen molar-refractivity contribution in [2.24, 2.45) is 0 Å². The largest absolute Gasteiger partial charge is 0.497 e. The van der Waals surface area contributed by atoms with Crippen LogP contribution < -0.4 is 9.46 Å². The smallest absolute Gasteiger partial charge is 0.241 e. The van der Waals surface area contributed by atoms with E-state index in [2.05, 4.69) is 4.72 Å². The summed E-state index contributed by atoms with van der Waals surface area (Å²) in [7, 11) is -2.64. The Balaban J connectivity index is 2.18. The number of sulfonamides is 1. The molecule has 130 valence electrons. The maximum absolute atomic E-state index is 12.3. The zero-order valence-electron chi connectivity index (χ0n) is 12.2. The molecule has 1 aromatic carbocycles. The van der Waals surface area contributed by atoms with Gasteiger partial charge in [-0.05, 0) is 24.3 Å². The molecule has 1 saturated heterocycles. The lowest BCUT2D eigenvalue weighted by molar-refractivity contribution is -0.251. The van der Waals surface area contributed by atoms with Gasteiger partial charge >= 0.3 is 0 Å². The average molecular weight is 349 g/mol. The molecule has 0 aromatic heterocycles. The molecule has 0 aliphatic carbocycles. The first-order valence-electron chi connectivity index (χ1n) is 6.77. The second kappa shape index (κ2) is 7.09. The molecule has 0 bridgehead atoms. The Morgan fingerprint density at radius 1 is 1.17 bits per heavy atom. The molecule has 0 saturated carbocycles. The molecule has 9 nitrogen and oxygen atoms in total. The quantitative estimate of drug-likeness (QED) is 0.402. The van der Waals surface area contributed by atoms with E-state index >= 15 is 0 Å². The lowest BCUT2D eigenvalue weighted by Crippen LogP contribution is -2.64. The van der Waals surface area contributed by atoms with E-state index in [1.807, 2.05) is 0 Å². The zero-order chi connectivity index (χ0) is 17.2. The molecular formula is C13H19NO8S. The second-order valence-electron chi connectivity index (χ2n) is 5.05. The summed E-state index contributed by atoms with van der Waals surface area (Å²) in [4.78, 5) is -0.114. The number of methoxy groups -OCH3 is 1. The first-order chi connectivity index (χ1) is 10.8. The summed E-state index contributed by atoms with van der Waals surface area (Å²) in [5.41, 5.74) is 0. The summed E-state index contributed by atoms with van der Waals surface area (Å²) in [6.07, 6.45) is -6.13. The van der Waals surface area contributed by atoms with Crippen molar-refractivity contribution in [2.45, 2.75) is 35.5 Å². The highest BCUT2D eigenvalue weighted by Gasteiger charge is 2.45. The van der Waals surface area contributed by atoms with Gasteiger partial charge in [-0.3, -0.25) is 0 Å². The van der Waals surface area contributed by atoms with Crippen LogP contribution in [-0.2, 0) is 14.8 Å². The Morgan fingerprint density at radius 3 is 2.30 bits per heavy atom. The average Bonchev–Trinajstić information content (AvgIpc) is 2.55. The summed E-state index contributed by atoms with van der Waals surface area (Å²) in [6, 6.07) is 3.97. The Bertz CT molecular complexity index is 619. The van der Waals surface area contributed by atoms with Crippen molar-refractivity contribution in [1.29, 1.82) is 0 Å². The van der Waals surface area contributed by atoms with Gasteiger partial charge in [0.15, 0.2) is 6.29 Å². The van der Waals surface area contributed by atoms with E-state index in [1.54, 1.807) is 0 Å². The molecule has 10 heteroatoms. The van der Waals surface area contributed by atoms with Gasteiger partial charge in [0.25, 0.3) is 0 Å². The normalized spacial score (nSPS) is 31.8. The van der Waals surface area contributed by atoms with E-state index in [0.717, 1.165) is 0 Å². The Morgan fingerprint density at radius 2 is 1.78 bits per heavy atom. The van der Waals surface area contributed by atoms with Crippen LogP contribution in [0.1, 0.15) is 0 Å². The summed E-state index contributed by atoms with van der Waals surface area (Å²) in [5.74, 6) is 0.464. The van der Waals surface area contributed by atoms with Crippen molar-refractivity contribution < 1.29 is 38.3 Å². The van der Waals surface area contributed by atoms with Crippen LogP contribution in [0.25, 0.3) is 0 Å². The molecule has 1 aliphatic heterocycles. The Kier molecular flexibility index (Phi) is 5.57. The van der Waals surface area contributed by atoms with Crippen LogP contribution >= 0.6 is 0 Å². The molecule has 1 aromatic rings. The highest BCUT2D eigenvalue weighted by molar-refractivity contribution is 7.89. The van der Waals surface area contributed by atoms with Crippen LogP contribution in [0.15, 0.2) is 29.2 Å². The molecule has 1 fully saturated rings. The van der Waals surface area contributed by atoms with Crippen LogP contribution in [0, 0.1) is 0 Å². The third-order valence-corrected chi connectivity index (χ3v) is 5.04. The number of aliphatic hydroxyl groups is 4. The van der Waals surface area contributed by atoms with Crippen molar-refractivity contribution >= 4 is 10.0 Å². The summed E-state index contributed by atoms with van der Waals surface area (Å²) in [5, 5.41) is 38.5. The first kappa shape index (κ1) is 18.1. The molecule has 0 amide bonds. The SMILES string of the molecule is COc1ccc(S(=O)(=O)N[C@H]2C(O)O[C@H](CO)[C@@H](O)[C@@H]2O)cc1. The van der Waals surface area contributed by atoms with Crippen LogP contribution in [-0.4, -0.2) is 73.2 Å². The number of nitrogens with one attached hydrogen (secondary N) is 1. The van der Waals surface area contributed by atoms with Crippen molar-refractivity contribution in [3.05, 3.63) is 24.3 Å². The monoisotopic (exact) mass is 349 g/mol. The summed E-state index contributed by atoms with van der Waals surface area (Å²) < 4.78 is 36.5. The molecule has 1 heterocycles. The van der Waals surface area contributed by atoms with E-state index in [-0.39, 0.29) is 4.90 Å². The van der Waals surface area contributed by atoms with Gasteiger partial charge in [0.1, 0.15) is 30.1 Å². The van der Waals surface area contributed by atoms with Crippen molar-refractivity contribution in [1.82, 2.24) is 4.72 Å². The van der Waals surface area contributed by atoms with Gasteiger partial charge in [0.05, 0.1) is 18.6 Å². The molecule has 0 radical (unpaired) electrons. The van der Waals surface area contributed by atoms with Crippen molar-refractivity contribution in [2.75, 3.05) is 13.7 Å². The molecule has 0 spiro atoms. The van der Waals surface area contributed by atoms with Gasteiger partial charge in [-0.25, -0.2) is 13.1 Å². The van der Waals surface area contributed by atoms with Crippen LogP contribution in [0.5, 0.6) is 5.75 Å². The molecule has 2 rings (SSSR count). The van der Waals surface area contributed by atoms with E-state index < -0.39 is 47.3 Å². The second-order valence-corrected chi connectivity index (χ2v) is 6.77. The number of aliphatic hydroxyl groups excluding tert-OH is 4. The third kappa shape index (κ3) is 3.80. The van der Waals surface area contributed by atoms with Crippen LogP contribution in [0.3, 0.4) is 0 Å². The molecule has 1 unspecified atom stereocenters. The molecular weight excluding hydrogens is 330 g/mol. The lowest BCUT2D eigenvalue weighted by Gasteiger charge is -2.40. The predicted molar refractivity (Wildman–Crippen MR) is 77.1 cm³/mol. The number of hydrogen-bond donors (Lipinski definition) is 5. The lowest BCUT2D eigenvalue weighted by atomic mass is 9.98. The highest BCUT2D eigenvalue weighted by Crippen LogP contribution is 2.22. The maximum atomic E-state index is 12.3. The predicted octanol–water partition coefficient (Wildman–Crippen LogP) is -2.23. The van der Waals surface area contributed by atoms with Gasteiger partial charge < -0.3 is 29.9 Å². The number of ether oxygens (including phenoxy) is 2.